The van der Waals surface area contributed by atoms with Crippen LogP contribution in [0.15, 0.2) is 54.1 Å². The van der Waals surface area contributed by atoms with Crippen LogP contribution in [0.4, 0.5) is 0 Å². The molecule has 2 fully saturated rings. The lowest BCUT2D eigenvalue weighted by atomic mass is 9.84. The van der Waals surface area contributed by atoms with Crippen LogP contribution in [0.5, 0.6) is 0 Å². The predicted octanol–water partition coefficient (Wildman–Crippen LogP) is 5.41. The molecule has 0 unspecified atom stereocenters. The number of hydrogen-bond donors (Lipinski definition) is 1. The summed E-state index contributed by atoms with van der Waals surface area (Å²) in [5.41, 5.74) is 2.73. The van der Waals surface area contributed by atoms with Gasteiger partial charge in [-0.3, -0.25) is 9.59 Å². The second kappa shape index (κ2) is 11.1. The minimum atomic E-state index is -0.101. The second-order valence-electron chi connectivity index (χ2n) is 8.90. The summed E-state index contributed by atoms with van der Waals surface area (Å²) < 4.78 is 0. The van der Waals surface area contributed by atoms with Crippen LogP contribution in [0, 0.1) is 0 Å². The van der Waals surface area contributed by atoms with E-state index in [1.165, 1.54) is 5.57 Å². The third kappa shape index (κ3) is 5.77. The van der Waals surface area contributed by atoms with Gasteiger partial charge in [0.2, 0.25) is 5.91 Å². The Balaban J connectivity index is 1.59. The van der Waals surface area contributed by atoms with Crippen LogP contribution in [0.3, 0.4) is 0 Å². The van der Waals surface area contributed by atoms with Crippen molar-refractivity contribution in [3.05, 3.63) is 80.3 Å². The number of benzene rings is 2. The third-order valence-corrected chi connectivity index (χ3v) is 7.73. The Kier molecular flexibility index (Phi) is 8.20. The number of piperidine rings is 2. The molecule has 2 saturated heterocycles. The Labute approximate surface area is 215 Å². The van der Waals surface area contributed by atoms with Gasteiger partial charge in [-0.05, 0) is 74.3 Å². The predicted molar refractivity (Wildman–Crippen MR) is 138 cm³/mol. The van der Waals surface area contributed by atoms with Gasteiger partial charge >= 0.3 is 0 Å². The fourth-order valence-electron chi connectivity index (χ4n) is 4.78. The number of rotatable bonds is 4. The maximum absolute atomic E-state index is 13.3. The van der Waals surface area contributed by atoms with Gasteiger partial charge in [0.05, 0.1) is 10.0 Å². The zero-order chi connectivity index (χ0) is 24.2. The molecule has 0 bridgehead atoms. The first-order valence-corrected chi connectivity index (χ1v) is 12.6. The molecule has 2 atom stereocenters. The number of nitrogens with one attached hydrogen (secondary N) is 1. The molecule has 0 aliphatic carbocycles. The summed E-state index contributed by atoms with van der Waals surface area (Å²) in [5, 5.41) is 4.84. The molecule has 5 nitrogen and oxygen atoms in total. The summed E-state index contributed by atoms with van der Waals surface area (Å²) >= 11 is 18.5. The molecule has 4 rings (SSSR count). The van der Waals surface area contributed by atoms with Crippen molar-refractivity contribution >= 4 is 46.6 Å². The van der Waals surface area contributed by atoms with E-state index in [9.17, 15) is 9.59 Å². The van der Waals surface area contributed by atoms with Crippen LogP contribution in [-0.2, 0) is 4.79 Å². The molecule has 0 aromatic heterocycles. The topological polar surface area (TPSA) is 52.7 Å². The van der Waals surface area contributed by atoms with Gasteiger partial charge in [0.1, 0.15) is 0 Å². The molecule has 8 heteroatoms. The lowest BCUT2D eigenvalue weighted by Crippen LogP contribution is -2.51. The largest absolute Gasteiger partial charge is 0.338 e. The summed E-state index contributed by atoms with van der Waals surface area (Å²) in [6.07, 6.45) is 4.26. The Morgan fingerprint density at radius 1 is 1.03 bits per heavy atom. The highest BCUT2D eigenvalue weighted by Crippen LogP contribution is 2.35. The maximum atomic E-state index is 13.3. The third-order valence-electron chi connectivity index (χ3n) is 6.74. The number of amides is 2. The van der Waals surface area contributed by atoms with Crippen LogP contribution in [0.25, 0.3) is 0 Å². The van der Waals surface area contributed by atoms with E-state index in [1.807, 2.05) is 24.1 Å². The molecule has 34 heavy (non-hydrogen) atoms. The van der Waals surface area contributed by atoms with Crippen LogP contribution in [-0.4, -0.2) is 60.9 Å². The lowest BCUT2D eigenvalue weighted by molar-refractivity contribution is -0.127. The number of nitrogens with zero attached hydrogens (tertiary/aromatic N) is 2. The van der Waals surface area contributed by atoms with Crippen molar-refractivity contribution in [2.75, 3.05) is 33.2 Å². The highest BCUT2D eigenvalue weighted by Gasteiger charge is 2.36. The zero-order valence-electron chi connectivity index (χ0n) is 19.1. The Hall–Kier alpha value is -2.05. The van der Waals surface area contributed by atoms with Crippen molar-refractivity contribution in [2.45, 2.75) is 31.2 Å². The lowest BCUT2D eigenvalue weighted by Gasteiger charge is -2.43. The highest BCUT2D eigenvalue weighted by atomic mass is 35.5. The minimum absolute atomic E-state index is 0.0343. The fraction of sp³-hybridized carbons (Fsp3) is 0.385. The summed E-state index contributed by atoms with van der Waals surface area (Å²) in [6.45, 7) is 2.90. The Morgan fingerprint density at radius 2 is 1.74 bits per heavy atom. The Morgan fingerprint density at radius 3 is 2.41 bits per heavy atom. The molecule has 0 saturated carbocycles. The van der Waals surface area contributed by atoms with Gasteiger partial charge in [0.25, 0.3) is 5.91 Å². The van der Waals surface area contributed by atoms with Crippen molar-refractivity contribution in [3.63, 3.8) is 0 Å². The molecule has 0 radical (unpaired) electrons. The number of carbonyl (C=O) groups excluding carboxylic acids is 2. The maximum Gasteiger partial charge on any atom is 0.253 e. The molecule has 2 amide bonds. The van der Waals surface area contributed by atoms with Crippen molar-refractivity contribution in [1.82, 2.24) is 15.1 Å². The van der Waals surface area contributed by atoms with Crippen molar-refractivity contribution in [3.8, 4) is 0 Å². The van der Waals surface area contributed by atoms with E-state index in [2.05, 4.69) is 5.32 Å². The summed E-state index contributed by atoms with van der Waals surface area (Å²) in [6, 6.07) is 12.4. The molecule has 2 aromatic rings. The number of halogens is 3. The molecule has 2 heterocycles. The second-order valence-corrected chi connectivity index (χ2v) is 10.1. The van der Waals surface area contributed by atoms with Gasteiger partial charge in [0.15, 0.2) is 0 Å². The Bertz CT molecular complexity index is 1080. The minimum Gasteiger partial charge on any atom is -0.338 e. The van der Waals surface area contributed by atoms with Crippen LogP contribution < -0.4 is 5.32 Å². The highest BCUT2D eigenvalue weighted by molar-refractivity contribution is 6.42. The van der Waals surface area contributed by atoms with Gasteiger partial charge in [-0.2, -0.15) is 0 Å². The van der Waals surface area contributed by atoms with E-state index in [0.717, 1.165) is 31.5 Å². The standard InChI is InChI=1S/C26H28Cl3N3O2/c1-31(26(34)18-2-5-20(27)6-3-18)24-10-13-32(25(33)14-17-8-11-30-12-9-17)16-21(24)19-4-7-22(28)23(29)15-19/h2-7,14-15,21,24,30H,8-13,16H2,1H3/t21-,24+/m0/s1. The van der Waals surface area contributed by atoms with Crippen molar-refractivity contribution in [1.29, 1.82) is 0 Å². The first-order valence-electron chi connectivity index (χ1n) is 11.5. The number of carbonyl (C=O) groups is 2. The van der Waals surface area contributed by atoms with E-state index in [1.54, 1.807) is 41.3 Å². The number of hydrogen-bond acceptors (Lipinski definition) is 3. The first-order chi connectivity index (χ1) is 16.3. The zero-order valence-corrected chi connectivity index (χ0v) is 21.3. The average Bonchev–Trinajstić information content (AvgIpc) is 2.85. The number of likely N-dealkylation sites (N-methyl/N-ethyl adjacent to an activating group) is 1. The summed E-state index contributed by atoms with van der Waals surface area (Å²) in [4.78, 5) is 30.1. The average molecular weight is 521 g/mol. The van der Waals surface area contributed by atoms with E-state index in [0.29, 0.717) is 40.1 Å². The molecule has 2 aliphatic rings. The molecule has 1 N–H and O–H groups in total. The van der Waals surface area contributed by atoms with E-state index < -0.39 is 0 Å². The van der Waals surface area contributed by atoms with Gasteiger partial charge in [-0.1, -0.05) is 46.4 Å². The smallest absolute Gasteiger partial charge is 0.253 e. The normalized spacial score (nSPS) is 20.7. The monoisotopic (exact) mass is 519 g/mol. The van der Waals surface area contributed by atoms with Gasteiger partial charge in [-0.25, -0.2) is 0 Å². The first kappa shape index (κ1) is 25.1. The molecule has 2 aliphatic heterocycles. The van der Waals surface area contributed by atoms with Crippen LogP contribution in [0.2, 0.25) is 15.1 Å². The van der Waals surface area contributed by atoms with Gasteiger partial charge in [0, 0.05) is 48.8 Å². The van der Waals surface area contributed by atoms with Gasteiger partial charge < -0.3 is 15.1 Å². The van der Waals surface area contributed by atoms with Crippen LogP contribution in [0.1, 0.15) is 41.1 Å². The quantitative estimate of drug-likeness (QED) is 0.548. The summed E-state index contributed by atoms with van der Waals surface area (Å²) in [5.74, 6) is -0.143. The molecule has 180 valence electrons. The molecule has 0 spiro atoms. The van der Waals surface area contributed by atoms with Crippen LogP contribution >= 0.6 is 34.8 Å². The SMILES string of the molecule is CN(C(=O)c1ccc(Cl)cc1)[C@@H]1CCN(C(=O)C=C2CCNCC2)C[C@H]1c1ccc(Cl)c(Cl)c1. The van der Waals surface area contributed by atoms with Crippen molar-refractivity contribution < 1.29 is 9.59 Å². The summed E-state index contributed by atoms with van der Waals surface area (Å²) in [7, 11) is 1.82. The molecular weight excluding hydrogens is 493 g/mol. The molecule has 2 aromatic carbocycles. The van der Waals surface area contributed by atoms with Crippen molar-refractivity contribution in [2.24, 2.45) is 0 Å². The number of likely N-dealkylation sites (tertiary alicyclic amines) is 1. The van der Waals surface area contributed by atoms with E-state index in [-0.39, 0.29) is 23.8 Å². The fourth-order valence-corrected chi connectivity index (χ4v) is 5.21. The molecular formula is C26H28Cl3N3O2. The van der Waals surface area contributed by atoms with Gasteiger partial charge in [-0.15, -0.1) is 0 Å². The van der Waals surface area contributed by atoms with E-state index in [4.69, 9.17) is 34.8 Å². The van der Waals surface area contributed by atoms with E-state index >= 15 is 0 Å².